The summed E-state index contributed by atoms with van der Waals surface area (Å²) in [6.07, 6.45) is 3.86. The molecule has 0 unspecified atom stereocenters. The third kappa shape index (κ3) is 4.67. The van der Waals surface area contributed by atoms with Gasteiger partial charge in [0.05, 0.1) is 5.69 Å². The van der Waals surface area contributed by atoms with E-state index in [4.69, 9.17) is 15.9 Å². The van der Waals surface area contributed by atoms with Crippen molar-refractivity contribution in [3.05, 3.63) is 64.1 Å². The van der Waals surface area contributed by atoms with Crippen LogP contribution in [0.15, 0.2) is 40.8 Å². The van der Waals surface area contributed by atoms with Crippen LogP contribution in [0.4, 0.5) is 11.4 Å². The van der Waals surface area contributed by atoms with Crippen molar-refractivity contribution in [3.63, 3.8) is 0 Å². The second kappa shape index (κ2) is 9.68. The quantitative estimate of drug-likeness (QED) is 0.471. The Morgan fingerprint density at radius 2 is 1.79 bits per heavy atom. The van der Waals surface area contributed by atoms with E-state index in [0.29, 0.717) is 17.2 Å². The van der Waals surface area contributed by atoms with Gasteiger partial charge in [0, 0.05) is 11.7 Å². The van der Waals surface area contributed by atoms with Crippen LogP contribution < -0.4 is 21.7 Å². The van der Waals surface area contributed by atoms with E-state index in [9.17, 15) is 14.4 Å². The predicted octanol–water partition coefficient (Wildman–Crippen LogP) is 3.48. The number of hydrogen-bond donors (Lipinski definition) is 3. The number of amides is 3. The molecule has 1 saturated carbocycles. The zero-order valence-corrected chi connectivity index (χ0v) is 19.9. The minimum absolute atomic E-state index is 0.0244. The summed E-state index contributed by atoms with van der Waals surface area (Å²) < 4.78 is 9.81. The molecule has 1 aromatic carbocycles. The zero-order chi connectivity index (χ0) is 24.4. The molecule has 3 amide bonds. The number of furan rings is 1. The number of aromatic nitrogens is 1. The van der Waals surface area contributed by atoms with E-state index in [1.807, 2.05) is 19.1 Å². The molecule has 178 valence electrons. The molecule has 9 nitrogen and oxygen atoms in total. The largest absolute Gasteiger partial charge is 0.464 e. The fourth-order valence-electron chi connectivity index (χ4n) is 4.15. The van der Waals surface area contributed by atoms with Gasteiger partial charge in [0.1, 0.15) is 16.4 Å². The minimum Gasteiger partial charge on any atom is -0.464 e. The second-order valence-electron chi connectivity index (χ2n) is 8.49. The van der Waals surface area contributed by atoms with Gasteiger partial charge in [0.2, 0.25) is 0 Å². The fourth-order valence-corrected chi connectivity index (χ4v) is 4.89. The minimum atomic E-state index is -1.09. The summed E-state index contributed by atoms with van der Waals surface area (Å²) in [6, 6.07) is 9.58. The summed E-state index contributed by atoms with van der Waals surface area (Å²) in [7, 11) is 0. The van der Waals surface area contributed by atoms with Gasteiger partial charge in [-0.1, -0.05) is 30.5 Å². The lowest BCUT2D eigenvalue weighted by Crippen LogP contribution is -2.46. The summed E-state index contributed by atoms with van der Waals surface area (Å²) in [5.74, 6) is -0.828. The second-order valence-corrected chi connectivity index (χ2v) is 9.26. The number of anilines is 2. The first-order valence-electron chi connectivity index (χ1n) is 11.1. The number of nitrogens with two attached hydrogens (primary N) is 2. The first-order chi connectivity index (χ1) is 16.3. The smallest absolute Gasteiger partial charge is 0.273 e. The van der Waals surface area contributed by atoms with Crippen LogP contribution in [0.1, 0.15) is 69.0 Å². The molecule has 5 N–H and O–H groups in total. The standard InChI is InChI=1S/C24H27N5O4S/c1-13-7-10-16(11-8-13)29(24(32)21-18(25)19(22(26)30)28-34-21)20(17-12-9-14(2)33-17)23(31)27-15-5-3-4-6-15/h7-12,15,20H,3-6,25H2,1-2H3,(H2,26,30)(H,27,31)/t20-/m0/s1. The summed E-state index contributed by atoms with van der Waals surface area (Å²) in [5.41, 5.74) is 12.6. The van der Waals surface area contributed by atoms with Crippen molar-refractivity contribution < 1.29 is 18.8 Å². The number of rotatable bonds is 7. The Morgan fingerprint density at radius 3 is 2.35 bits per heavy atom. The van der Waals surface area contributed by atoms with Crippen molar-refractivity contribution in [2.75, 3.05) is 10.6 Å². The third-order valence-corrected chi connectivity index (χ3v) is 6.78. The van der Waals surface area contributed by atoms with Crippen LogP contribution in [-0.4, -0.2) is 28.1 Å². The lowest BCUT2D eigenvalue weighted by molar-refractivity contribution is -0.123. The van der Waals surface area contributed by atoms with Gasteiger partial charge in [-0.15, -0.1) is 0 Å². The van der Waals surface area contributed by atoms with Gasteiger partial charge in [0.15, 0.2) is 11.7 Å². The van der Waals surface area contributed by atoms with Crippen molar-refractivity contribution in [1.29, 1.82) is 0 Å². The van der Waals surface area contributed by atoms with E-state index in [1.54, 1.807) is 31.2 Å². The zero-order valence-electron chi connectivity index (χ0n) is 19.0. The molecule has 0 aliphatic heterocycles. The molecule has 1 aliphatic rings. The van der Waals surface area contributed by atoms with Crippen molar-refractivity contribution in [1.82, 2.24) is 9.69 Å². The van der Waals surface area contributed by atoms with Gasteiger partial charge in [-0.3, -0.25) is 19.3 Å². The monoisotopic (exact) mass is 481 g/mol. The Balaban J connectivity index is 1.82. The Bertz CT molecular complexity index is 1210. The maximum absolute atomic E-state index is 13.9. The Morgan fingerprint density at radius 1 is 1.12 bits per heavy atom. The Hall–Kier alpha value is -3.66. The maximum Gasteiger partial charge on any atom is 0.273 e. The van der Waals surface area contributed by atoms with Gasteiger partial charge < -0.3 is 21.2 Å². The summed E-state index contributed by atoms with van der Waals surface area (Å²) in [4.78, 5) is 40.6. The summed E-state index contributed by atoms with van der Waals surface area (Å²) in [6.45, 7) is 3.70. The molecule has 3 aromatic rings. The number of hydrogen-bond acceptors (Lipinski definition) is 7. The first kappa shape index (κ1) is 23.5. The van der Waals surface area contributed by atoms with Crippen molar-refractivity contribution in [2.24, 2.45) is 5.73 Å². The molecule has 2 aromatic heterocycles. The SMILES string of the molecule is Cc1ccc(N(C(=O)c2snc(C(N)=O)c2N)[C@H](C(=O)NC2CCCC2)c2ccc(C)o2)cc1. The van der Waals surface area contributed by atoms with Crippen LogP contribution in [-0.2, 0) is 4.79 Å². The number of nitrogen functional groups attached to an aromatic ring is 1. The van der Waals surface area contributed by atoms with Crippen molar-refractivity contribution >= 4 is 40.6 Å². The molecule has 0 radical (unpaired) electrons. The number of aryl methyl sites for hydroxylation is 2. The van der Waals surface area contributed by atoms with Gasteiger partial charge >= 0.3 is 0 Å². The normalized spacial score (nSPS) is 14.6. The molecular weight excluding hydrogens is 454 g/mol. The van der Waals surface area contributed by atoms with Gasteiger partial charge in [-0.25, -0.2) is 0 Å². The van der Waals surface area contributed by atoms with E-state index < -0.39 is 17.9 Å². The maximum atomic E-state index is 13.9. The lowest BCUT2D eigenvalue weighted by atomic mass is 10.1. The fraction of sp³-hybridized carbons (Fsp3) is 0.333. The highest BCUT2D eigenvalue weighted by Gasteiger charge is 2.38. The molecule has 10 heteroatoms. The molecule has 1 aliphatic carbocycles. The number of nitrogens with one attached hydrogen (secondary N) is 1. The van der Waals surface area contributed by atoms with E-state index >= 15 is 0 Å². The average Bonchev–Trinajstić information content (AvgIpc) is 3.54. The molecule has 1 fully saturated rings. The van der Waals surface area contributed by atoms with Crippen LogP contribution in [0, 0.1) is 13.8 Å². The first-order valence-corrected chi connectivity index (χ1v) is 11.9. The predicted molar refractivity (Wildman–Crippen MR) is 130 cm³/mol. The highest BCUT2D eigenvalue weighted by atomic mass is 32.1. The van der Waals surface area contributed by atoms with Gasteiger partial charge in [-0.2, -0.15) is 4.37 Å². The molecule has 2 heterocycles. The number of carbonyl (C=O) groups is 3. The number of carbonyl (C=O) groups excluding carboxylic acids is 3. The average molecular weight is 482 g/mol. The van der Waals surface area contributed by atoms with E-state index in [0.717, 1.165) is 42.8 Å². The van der Waals surface area contributed by atoms with E-state index in [1.165, 1.54) is 4.90 Å². The Kier molecular flexibility index (Phi) is 6.69. The molecule has 4 rings (SSSR count). The highest BCUT2D eigenvalue weighted by Crippen LogP contribution is 2.34. The molecule has 0 spiro atoms. The topological polar surface area (TPSA) is 145 Å². The molecule has 0 saturated heterocycles. The highest BCUT2D eigenvalue weighted by molar-refractivity contribution is 7.09. The van der Waals surface area contributed by atoms with Crippen LogP contribution in [0.25, 0.3) is 0 Å². The van der Waals surface area contributed by atoms with Gasteiger partial charge in [-0.05, 0) is 62.5 Å². The number of primary amides is 1. The van der Waals surface area contributed by atoms with Crippen LogP contribution in [0.2, 0.25) is 0 Å². The third-order valence-electron chi connectivity index (χ3n) is 5.93. The Labute approximate surface area is 201 Å². The van der Waals surface area contributed by atoms with E-state index in [2.05, 4.69) is 9.69 Å². The number of nitrogens with zero attached hydrogens (tertiary/aromatic N) is 2. The number of benzene rings is 1. The lowest BCUT2D eigenvalue weighted by Gasteiger charge is -2.30. The summed E-state index contributed by atoms with van der Waals surface area (Å²) in [5, 5.41) is 3.08. The molecular formula is C24H27N5O4S. The molecule has 0 bridgehead atoms. The van der Waals surface area contributed by atoms with Crippen LogP contribution >= 0.6 is 11.5 Å². The van der Waals surface area contributed by atoms with Crippen molar-refractivity contribution in [2.45, 2.75) is 51.6 Å². The van der Waals surface area contributed by atoms with E-state index in [-0.39, 0.29) is 28.2 Å². The molecule has 1 atom stereocenters. The van der Waals surface area contributed by atoms with Crippen LogP contribution in [0.5, 0.6) is 0 Å². The van der Waals surface area contributed by atoms with Gasteiger partial charge in [0.25, 0.3) is 17.7 Å². The van der Waals surface area contributed by atoms with Crippen molar-refractivity contribution in [3.8, 4) is 0 Å². The summed E-state index contributed by atoms with van der Waals surface area (Å²) >= 11 is 0.772. The molecule has 34 heavy (non-hydrogen) atoms. The van der Waals surface area contributed by atoms with Crippen LogP contribution in [0.3, 0.4) is 0 Å².